The number of hydrogen-bond donors (Lipinski definition) is 3. The van der Waals surface area contributed by atoms with Crippen LogP contribution in [0.25, 0.3) is 0 Å². The first-order valence-corrected chi connectivity index (χ1v) is 8.73. The minimum absolute atomic E-state index is 0.0310. The van der Waals surface area contributed by atoms with Crippen LogP contribution in [-0.2, 0) is 4.79 Å². The molecule has 2 aromatic rings. The summed E-state index contributed by atoms with van der Waals surface area (Å²) in [5, 5.41) is 27.8. The molecule has 1 atom stereocenters. The Balaban J connectivity index is 2.01. The van der Waals surface area contributed by atoms with E-state index in [0.717, 1.165) is 29.8 Å². The Morgan fingerprint density at radius 3 is 2.62 bits per heavy atom. The number of non-ortho nitro benzene ring substituents is 1. The molecule has 0 saturated carbocycles. The van der Waals surface area contributed by atoms with E-state index in [2.05, 4.69) is 15.8 Å². The molecule has 0 fully saturated rings. The number of nitro benzene ring substituents is 1. The predicted octanol–water partition coefficient (Wildman–Crippen LogP) is 2.66. The van der Waals surface area contributed by atoms with Crippen molar-refractivity contribution in [1.82, 2.24) is 5.43 Å². The second-order valence-corrected chi connectivity index (χ2v) is 5.90. The van der Waals surface area contributed by atoms with Crippen LogP contribution in [0.3, 0.4) is 0 Å². The zero-order chi connectivity index (χ0) is 21.4. The fourth-order valence-corrected chi connectivity index (χ4v) is 2.37. The van der Waals surface area contributed by atoms with E-state index in [0.29, 0.717) is 6.61 Å². The summed E-state index contributed by atoms with van der Waals surface area (Å²) < 4.78 is 10.3. The van der Waals surface area contributed by atoms with Crippen molar-refractivity contribution in [2.45, 2.75) is 19.9 Å². The summed E-state index contributed by atoms with van der Waals surface area (Å²) in [6.07, 6.45) is 1.10. The molecular formula is C19H22N4O6. The first-order valence-electron chi connectivity index (χ1n) is 8.73. The third-order valence-corrected chi connectivity index (χ3v) is 3.84. The fraction of sp³-hybridized carbons (Fsp3) is 0.263. The highest BCUT2D eigenvalue weighted by molar-refractivity contribution is 5.89. The fourth-order valence-electron chi connectivity index (χ4n) is 2.37. The SMILES string of the molecule is CCOc1ccc(N[C@H](C)C(=O)N/N=C\c2cc([N+](=O)[O-])cc(OC)c2O)cc1. The molecule has 0 bridgehead atoms. The topological polar surface area (TPSA) is 135 Å². The van der Waals surface area contributed by atoms with Crippen LogP contribution in [0, 0.1) is 10.1 Å². The summed E-state index contributed by atoms with van der Waals surface area (Å²) in [6.45, 7) is 4.10. The molecule has 2 aromatic carbocycles. The van der Waals surface area contributed by atoms with Gasteiger partial charge in [-0.1, -0.05) is 0 Å². The van der Waals surface area contributed by atoms with Crippen LogP contribution in [0.4, 0.5) is 11.4 Å². The van der Waals surface area contributed by atoms with Crippen LogP contribution in [0.1, 0.15) is 19.4 Å². The van der Waals surface area contributed by atoms with Gasteiger partial charge in [-0.05, 0) is 38.1 Å². The van der Waals surface area contributed by atoms with Gasteiger partial charge in [0.1, 0.15) is 11.8 Å². The standard InChI is InChI=1S/C19H22N4O6/c1-4-29-16-7-5-14(6-8-16)21-12(2)19(25)22-20-11-13-9-15(23(26)27)10-17(28-3)18(13)24/h5-12,21,24H,4H2,1-3H3,(H,22,25)/b20-11-/t12-/m1/s1. The first-order chi connectivity index (χ1) is 13.8. The number of nitrogens with zero attached hydrogens (tertiary/aromatic N) is 2. The lowest BCUT2D eigenvalue weighted by atomic mass is 10.2. The Hall–Kier alpha value is -3.82. The van der Waals surface area contributed by atoms with Crippen molar-refractivity contribution < 1.29 is 24.3 Å². The minimum Gasteiger partial charge on any atom is -0.504 e. The third-order valence-electron chi connectivity index (χ3n) is 3.84. The van der Waals surface area contributed by atoms with Crippen molar-refractivity contribution in [2.75, 3.05) is 19.0 Å². The number of carbonyl (C=O) groups is 1. The van der Waals surface area contributed by atoms with E-state index in [-0.39, 0.29) is 22.7 Å². The number of nitrogens with one attached hydrogen (secondary N) is 2. The van der Waals surface area contributed by atoms with E-state index in [1.807, 2.05) is 6.92 Å². The summed E-state index contributed by atoms with van der Waals surface area (Å²) >= 11 is 0. The lowest BCUT2D eigenvalue weighted by Crippen LogP contribution is -2.34. The van der Waals surface area contributed by atoms with E-state index >= 15 is 0 Å². The maximum absolute atomic E-state index is 12.2. The van der Waals surface area contributed by atoms with Crippen molar-refractivity contribution in [3.05, 3.63) is 52.1 Å². The van der Waals surface area contributed by atoms with Crippen LogP contribution in [0.2, 0.25) is 0 Å². The van der Waals surface area contributed by atoms with E-state index < -0.39 is 16.9 Å². The number of hydrazone groups is 1. The molecule has 3 N–H and O–H groups in total. The number of phenols is 1. The quantitative estimate of drug-likeness (QED) is 0.333. The van der Waals surface area contributed by atoms with Gasteiger partial charge in [-0.25, -0.2) is 5.43 Å². The van der Waals surface area contributed by atoms with Crippen molar-refractivity contribution in [1.29, 1.82) is 0 Å². The molecule has 1 amide bonds. The van der Waals surface area contributed by atoms with Gasteiger partial charge in [-0.15, -0.1) is 0 Å². The van der Waals surface area contributed by atoms with Crippen molar-refractivity contribution >= 4 is 23.5 Å². The number of ether oxygens (including phenoxy) is 2. The highest BCUT2D eigenvalue weighted by Gasteiger charge is 2.16. The number of carbonyl (C=O) groups excluding carboxylic acids is 1. The second-order valence-electron chi connectivity index (χ2n) is 5.90. The van der Waals surface area contributed by atoms with Gasteiger partial charge < -0.3 is 19.9 Å². The number of hydrogen-bond acceptors (Lipinski definition) is 8. The predicted molar refractivity (Wildman–Crippen MR) is 108 cm³/mol. The third kappa shape index (κ3) is 5.83. The Bertz CT molecular complexity index is 898. The molecular weight excluding hydrogens is 380 g/mol. The average molecular weight is 402 g/mol. The van der Waals surface area contributed by atoms with Crippen LogP contribution in [-0.4, -0.2) is 41.9 Å². The van der Waals surface area contributed by atoms with Gasteiger partial charge in [0.15, 0.2) is 11.5 Å². The summed E-state index contributed by atoms with van der Waals surface area (Å²) in [5.41, 5.74) is 2.79. The highest BCUT2D eigenvalue weighted by atomic mass is 16.6. The van der Waals surface area contributed by atoms with E-state index in [4.69, 9.17) is 9.47 Å². The lowest BCUT2D eigenvalue weighted by molar-refractivity contribution is -0.385. The van der Waals surface area contributed by atoms with E-state index in [1.54, 1.807) is 31.2 Å². The Morgan fingerprint density at radius 1 is 1.34 bits per heavy atom. The van der Waals surface area contributed by atoms with Crippen LogP contribution >= 0.6 is 0 Å². The molecule has 154 valence electrons. The summed E-state index contributed by atoms with van der Waals surface area (Å²) in [4.78, 5) is 22.5. The summed E-state index contributed by atoms with van der Waals surface area (Å²) in [6, 6.07) is 8.73. The molecule has 0 aliphatic heterocycles. The molecule has 0 aliphatic carbocycles. The zero-order valence-corrected chi connectivity index (χ0v) is 16.2. The summed E-state index contributed by atoms with van der Waals surface area (Å²) in [5.74, 6) is -0.104. The molecule has 0 aromatic heterocycles. The number of methoxy groups -OCH3 is 1. The number of amides is 1. The molecule has 0 radical (unpaired) electrons. The molecule has 0 spiro atoms. The second kappa shape index (κ2) is 9.93. The number of benzene rings is 2. The largest absolute Gasteiger partial charge is 0.504 e. The Labute approximate surface area is 167 Å². The van der Waals surface area contributed by atoms with Gasteiger partial charge in [0.05, 0.1) is 30.9 Å². The molecule has 0 unspecified atom stereocenters. The van der Waals surface area contributed by atoms with Gasteiger partial charge >= 0.3 is 0 Å². The van der Waals surface area contributed by atoms with Gasteiger partial charge in [0, 0.05) is 17.3 Å². The molecule has 0 saturated heterocycles. The molecule has 10 nitrogen and oxygen atoms in total. The van der Waals surface area contributed by atoms with Crippen LogP contribution < -0.4 is 20.2 Å². The maximum atomic E-state index is 12.2. The number of anilines is 1. The van der Waals surface area contributed by atoms with Gasteiger partial charge in [0.2, 0.25) is 0 Å². The number of aromatic hydroxyl groups is 1. The number of phenolic OH excluding ortho intramolecular Hbond substituents is 1. The molecule has 10 heteroatoms. The molecule has 0 heterocycles. The maximum Gasteiger partial charge on any atom is 0.274 e. The summed E-state index contributed by atoms with van der Waals surface area (Å²) in [7, 11) is 1.27. The number of nitro groups is 1. The molecule has 0 aliphatic rings. The minimum atomic E-state index is -0.624. The van der Waals surface area contributed by atoms with Crippen molar-refractivity contribution in [2.24, 2.45) is 5.10 Å². The Kier molecular flexibility index (Phi) is 7.35. The van der Waals surface area contributed by atoms with Gasteiger partial charge in [-0.2, -0.15) is 5.10 Å². The van der Waals surface area contributed by atoms with Crippen molar-refractivity contribution in [3.63, 3.8) is 0 Å². The Morgan fingerprint density at radius 2 is 2.03 bits per heavy atom. The lowest BCUT2D eigenvalue weighted by Gasteiger charge is -2.14. The zero-order valence-electron chi connectivity index (χ0n) is 16.2. The normalized spacial score (nSPS) is 11.7. The first kappa shape index (κ1) is 21.5. The highest BCUT2D eigenvalue weighted by Crippen LogP contribution is 2.33. The van der Waals surface area contributed by atoms with Crippen molar-refractivity contribution in [3.8, 4) is 17.2 Å². The monoisotopic (exact) mass is 402 g/mol. The number of rotatable bonds is 9. The van der Waals surface area contributed by atoms with Gasteiger partial charge in [0.25, 0.3) is 11.6 Å². The average Bonchev–Trinajstić information content (AvgIpc) is 2.70. The molecule has 2 rings (SSSR count). The van der Waals surface area contributed by atoms with Gasteiger partial charge in [-0.3, -0.25) is 14.9 Å². The smallest absolute Gasteiger partial charge is 0.274 e. The molecule has 29 heavy (non-hydrogen) atoms. The van der Waals surface area contributed by atoms with E-state index in [1.165, 1.54) is 7.11 Å². The van der Waals surface area contributed by atoms with Crippen LogP contribution in [0.5, 0.6) is 17.2 Å². The van der Waals surface area contributed by atoms with E-state index in [9.17, 15) is 20.0 Å². The van der Waals surface area contributed by atoms with Crippen LogP contribution in [0.15, 0.2) is 41.5 Å².